The molecule has 7 nitrogen and oxygen atoms in total. The molecular weight excluding hydrogens is 200 g/mol. The summed E-state index contributed by atoms with van der Waals surface area (Å²) in [4.78, 5) is 26.0. The van der Waals surface area contributed by atoms with Gasteiger partial charge in [-0.2, -0.15) is 4.98 Å². The lowest BCUT2D eigenvalue weighted by Gasteiger charge is -2.00. The Labute approximate surface area is 86.2 Å². The highest BCUT2D eigenvalue weighted by atomic mass is 16.5. The van der Waals surface area contributed by atoms with Crippen LogP contribution >= 0.6 is 0 Å². The molecule has 7 heteroatoms. The Balaban J connectivity index is 2.39. The van der Waals surface area contributed by atoms with Crippen molar-refractivity contribution in [3.63, 3.8) is 0 Å². The molecule has 0 saturated carbocycles. The van der Waals surface area contributed by atoms with Crippen molar-refractivity contribution >= 4 is 17.8 Å². The van der Waals surface area contributed by atoms with Crippen LogP contribution in [0.15, 0.2) is 0 Å². The van der Waals surface area contributed by atoms with Crippen LogP contribution in [0.3, 0.4) is 0 Å². The van der Waals surface area contributed by atoms with Gasteiger partial charge in [-0.25, -0.2) is 0 Å². The summed E-state index contributed by atoms with van der Waals surface area (Å²) in [6.07, 6.45) is -0.332. The number of aromatic nitrogens is 3. The van der Waals surface area contributed by atoms with E-state index >= 15 is 0 Å². The van der Waals surface area contributed by atoms with Crippen molar-refractivity contribution in [1.82, 2.24) is 15.2 Å². The molecule has 0 unspecified atom stereocenters. The molecule has 15 heavy (non-hydrogen) atoms. The molecule has 1 rings (SSSR count). The quantitative estimate of drug-likeness (QED) is 0.541. The fourth-order valence-electron chi connectivity index (χ4n) is 0.911. The minimum absolute atomic E-state index is 0.154. The summed E-state index contributed by atoms with van der Waals surface area (Å²) in [6, 6.07) is 0. The lowest BCUT2D eigenvalue weighted by atomic mass is 10.4. The molecule has 0 aromatic carbocycles. The summed E-state index contributed by atoms with van der Waals surface area (Å²) >= 11 is 0. The number of anilines is 1. The summed E-state index contributed by atoms with van der Waals surface area (Å²) in [5.41, 5.74) is 0. The van der Waals surface area contributed by atoms with Gasteiger partial charge in [0.05, 0.1) is 6.61 Å². The number of H-pyrrole nitrogens is 1. The molecule has 0 atom stereocenters. The first-order valence-electron chi connectivity index (χ1n) is 4.46. The maximum absolute atomic E-state index is 11.2. The first kappa shape index (κ1) is 11.2. The summed E-state index contributed by atoms with van der Waals surface area (Å²) in [5, 5.41) is 8.61. The molecule has 1 heterocycles. The van der Waals surface area contributed by atoms with Crippen LogP contribution in [-0.2, 0) is 14.3 Å². The first-order valence-corrected chi connectivity index (χ1v) is 4.46. The monoisotopic (exact) mass is 212 g/mol. The number of amides is 1. The zero-order valence-electron chi connectivity index (χ0n) is 8.53. The van der Waals surface area contributed by atoms with Gasteiger partial charge in [-0.15, -0.1) is 5.10 Å². The van der Waals surface area contributed by atoms with E-state index in [1.807, 2.05) is 0 Å². The van der Waals surface area contributed by atoms with Crippen LogP contribution in [0.5, 0.6) is 0 Å². The van der Waals surface area contributed by atoms with Crippen molar-refractivity contribution in [2.45, 2.75) is 20.3 Å². The summed E-state index contributed by atoms with van der Waals surface area (Å²) in [5.74, 6) is -0.321. The SMILES string of the molecule is CCOC(=O)CC(=O)Nc1n[nH]c(C)n1. The third-order valence-corrected chi connectivity index (χ3v) is 1.46. The number of hydrogen-bond donors (Lipinski definition) is 2. The van der Waals surface area contributed by atoms with Crippen molar-refractivity contribution in [3.8, 4) is 0 Å². The molecule has 0 bridgehead atoms. The van der Waals surface area contributed by atoms with Crippen molar-refractivity contribution < 1.29 is 14.3 Å². The predicted octanol–water partition coefficient (Wildman–Crippen LogP) is 0.00482. The summed E-state index contributed by atoms with van der Waals surface area (Å²) < 4.78 is 4.61. The molecule has 0 radical (unpaired) electrons. The third-order valence-electron chi connectivity index (χ3n) is 1.46. The van der Waals surface area contributed by atoms with Gasteiger partial charge in [0.1, 0.15) is 12.2 Å². The van der Waals surface area contributed by atoms with E-state index in [1.165, 1.54) is 0 Å². The molecule has 82 valence electrons. The number of ether oxygens (including phenoxy) is 1. The molecule has 0 fully saturated rings. The molecule has 2 N–H and O–H groups in total. The highest BCUT2D eigenvalue weighted by molar-refractivity contribution is 6.00. The number of esters is 1. The molecule has 1 amide bonds. The van der Waals surface area contributed by atoms with Crippen LogP contribution in [0, 0.1) is 6.92 Å². The summed E-state index contributed by atoms with van der Waals surface area (Å²) in [7, 11) is 0. The van der Waals surface area contributed by atoms with Gasteiger partial charge >= 0.3 is 5.97 Å². The van der Waals surface area contributed by atoms with E-state index in [-0.39, 0.29) is 19.0 Å². The van der Waals surface area contributed by atoms with Crippen molar-refractivity contribution in [3.05, 3.63) is 5.82 Å². The van der Waals surface area contributed by atoms with Crippen molar-refractivity contribution in [2.24, 2.45) is 0 Å². The topological polar surface area (TPSA) is 97.0 Å². The Hall–Kier alpha value is -1.92. The number of nitrogens with one attached hydrogen (secondary N) is 2. The second-order valence-electron chi connectivity index (χ2n) is 2.77. The van der Waals surface area contributed by atoms with Gasteiger partial charge in [-0.1, -0.05) is 0 Å². The highest BCUT2D eigenvalue weighted by Gasteiger charge is 2.11. The van der Waals surface area contributed by atoms with Gasteiger partial charge in [0.15, 0.2) is 0 Å². The molecular formula is C8H12N4O3. The minimum atomic E-state index is -0.567. The van der Waals surface area contributed by atoms with E-state index in [2.05, 4.69) is 25.2 Å². The minimum Gasteiger partial charge on any atom is -0.466 e. The smallest absolute Gasteiger partial charge is 0.315 e. The van der Waals surface area contributed by atoms with Crippen LogP contribution in [-0.4, -0.2) is 33.7 Å². The molecule has 0 saturated heterocycles. The zero-order valence-corrected chi connectivity index (χ0v) is 8.53. The average Bonchev–Trinajstić information content (AvgIpc) is 2.51. The first-order chi connectivity index (χ1) is 7.11. The van der Waals surface area contributed by atoms with Crippen LogP contribution in [0.4, 0.5) is 5.95 Å². The average molecular weight is 212 g/mol. The van der Waals surface area contributed by atoms with Crippen molar-refractivity contribution in [2.75, 3.05) is 11.9 Å². The van der Waals surface area contributed by atoms with Gasteiger partial charge in [0.2, 0.25) is 11.9 Å². The van der Waals surface area contributed by atoms with E-state index in [9.17, 15) is 9.59 Å². The van der Waals surface area contributed by atoms with E-state index < -0.39 is 11.9 Å². The Morgan fingerprint density at radius 2 is 2.27 bits per heavy atom. The Morgan fingerprint density at radius 1 is 1.53 bits per heavy atom. The van der Waals surface area contributed by atoms with Gasteiger partial charge in [-0.3, -0.25) is 20.0 Å². The van der Waals surface area contributed by atoms with Crippen molar-refractivity contribution in [1.29, 1.82) is 0 Å². The Morgan fingerprint density at radius 3 is 2.80 bits per heavy atom. The number of aromatic amines is 1. The van der Waals surface area contributed by atoms with E-state index in [4.69, 9.17) is 0 Å². The number of hydrogen-bond acceptors (Lipinski definition) is 5. The lowest BCUT2D eigenvalue weighted by Crippen LogP contribution is -2.18. The van der Waals surface area contributed by atoms with Gasteiger partial charge in [-0.05, 0) is 13.8 Å². The normalized spacial score (nSPS) is 9.73. The van der Waals surface area contributed by atoms with Crippen LogP contribution in [0.2, 0.25) is 0 Å². The fraction of sp³-hybridized carbons (Fsp3) is 0.500. The number of carbonyl (C=O) groups excluding carboxylic acids is 2. The zero-order chi connectivity index (χ0) is 11.3. The van der Waals surface area contributed by atoms with Gasteiger partial charge in [0, 0.05) is 0 Å². The lowest BCUT2D eigenvalue weighted by molar-refractivity contribution is -0.145. The molecule has 1 aromatic heterocycles. The number of aryl methyl sites for hydroxylation is 1. The van der Waals surface area contributed by atoms with Gasteiger partial charge in [0.25, 0.3) is 0 Å². The number of carbonyl (C=O) groups is 2. The molecule has 0 aliphatic carbocycles. The molecule has 0 aliphatic rings. The third kappa shape index (κ3) is 3.75. The standard InChI is InChI=1S/C8H12N4O3/c1-3-15-7(14)4-6(13)10-8-9-5(2)11-12-8/h3-4H2,1-2H3,(H2,9,10,11,12,13). The van der Waals surface area contributed by atoms with E-state index in [0.717, 1.165) is 0 Å². The molecule has 1 aromatic rings. The van der Waals surface area contributed by atoms with E-state index in [0.29, 0.717) is 5.82 Å². The van der Waals surface area contributed by atoms with Crippen LogP contribution in [0.1, 0.15) is 19.2 Å². The highest BCUT2D eigenvalue weighted by Crippen LogP contribution is 1.98. The second-order valence-corrected chi connectivity index (χ2v) is 2.77. The van der Waals surface area contributed by atoms with Crippen LogP contribution in [0.25, 0.3) is 0 Å². The second kappa shape index (κ2) is 5.08. The van der Waals surface area contributed by atoms with E-state index in [1.54, 1.807) is 13.8 Å². The Kier molecular flexibility index (Phi) is 3.78. The Bertz CT molecular complexity index is 361. The molecule has 0 aliphatic heterocycles. The number of rotatable bonds is 4. The van der Waals surface area contributed by atoms with Crippen LogP contribution < -0.4 is 5.32 Å². The summed E-state index contributed by atoms with van der Waals surface area (Å²) in [6.45, 7) is 3.63. The predicted molar refractivity (Wildman–Crippen MR) is 51.0 cm³/mol. The fourth-order valence-corrected chi connectivity index (χ4v) is 0.911. The number of nitrogens with zero attached hydrogens (tertiary/aromatic N) is 2. The maximum atomic E-state index is 11.2. The largest absolute Gasteiger partial charge is 0.466 e. The molecule has 0 spiro atoms. The van der Waals surface area contributed by atoms with Gasteiger partial charge < -0.3 is 4.74 Å². The maximum Gasteiger partial charge on any atom is 0.315 e.